The second-order valence-electron chi connectivity index (χ2n) is 9.85. The number of likely N-dealkylation sites (tertiary alicyclic amines) is 1. The number of hydrogen-bond donors (Lipinski definition) is 1. The minimum absolute atomic E-state index is 0.198. The number of sulfonamides is 1. The summed E-state index contributed by atoms with van der Waals surface area (Å²) in [4.78, 5) is 15.8. The van der Waals surface area contributed by atoms with Crippen LogP contribution in [0.3, 0.4) is 0 Å². The number of hydrogen-bond acceptors (Lipinski definition) is 4. The highest BCUT2D eigenvalue weighted by molar-refractivity contribution is 7.89. The van der Waals surface area contributed by atoms with Crippen molar-refractivity contribution < 1.29 is 13.2 Å². The summed E-state index contributed by atoms with van der Waals surface area (Å²) in [5.74, 6) is 0.304. The summed E-state index contributed by atoms with van der Waals surface area (Å²) in [5, 5.41) is 3.03. The maximum atomic E-state index is 13.2. The number of aryl methyl sites for hydroxylation is 1. The maximum Gasteiger partial charge on any atom is 0.251 e. The third kappa shape index (κ3) is 5.88. The van der Waals surface area contributed by atoms with E-state index in [1.165, 1.54) is 30.9 Å². The van der Waals surface area contributed by atoms with Gasteiger partial charge in [0.2, 0.25) is 10.0 Å². The number of nitrogens with one attached hydrogen (secondary N) is 1. The molecule has 0 saturated carbocycles. The van der Waals surface area contributed by atoms with E-state index in [1.807, 2.05) is 19.1 Å². The molecule has 6 nitrogen and oxygen atoms in total. The maximum absolute atomic E-state index is 13.2. The van der Waals surface area contributed by atoms with Gasteiger partial charge < -0.3 is 5.32 Å². The molecule has 0 bridgehead atoms. The normalized spacial score (nSPS) is 18.6. The van der Waals surface area contributed by atoms with Gasteiger partial charge in [-0.1, -0.05) is 43.7 Å². The minimum Gasteiger partial charge on any atom is -0.348 e. The molecule has 4 rings (SSSR count). The summed E-state index contributed by atoms with van der Waals surface area (Å²) in [5.41, 5.74) is 3.52. The molecule has 2 aliphatic heterocycles. The molecular weight excluding hydrogens is 446 g/mol. The summed E-state index contributed by atoms with van der Waals surface area (Å²) >= 11 is 0. The third-order valence-corrected chi connectivity index (χ3v) is 9.13. The lowest BCUT2D eigenvalue weighted by Gasteiger charge is -2.29. The van der Waals surface area contributed by atoms with Gasteiger partial charge in [0.25, 0.3) is 5.91 Å². The van der Waals surface area contributed by atoms with Crippen LogP contribution in [0.25, 0.3) is 0 Å². The molecule has 34 heavy (non-hydrogen) atoms. The van der Waals surface area contributed by atoms with E-state index in [0.29, 0.717) is 31.1 Å². The predicted molar refractivity (Wildman–Crippen MR) is 135 cm³/mol. The van der Waals surface area contributed by atoms with Gasteiger partial charge >= 0.3 is 0 Å². The molecular formula is C27H37N3O3S. The van der Waals surface area contributed by atoms with Crippen LogP contribution in [0.1, 0.15) is 66.1 Å². The van der Waals surface area contributed by atoms with Gasteiger partial charge in [-0.05, 0) is 80.4 Å². The Morgan fingerprint density at radius 2 is 1.65 bits per heavy atom. The molecule has 184 valence electrons. The molecule has 2 saturated heterocycles. The van der Waals surface area contributed by atoms with Crippen molar-refractivity contribution in [2.75, 3.05) is 26.2 Å². The number of nitrogens with zero attached hydrogens (tertiary/aromatic N) is 2. The van der Waals surface area contributed by atoms with Gasteiger partial charge in [-0.25, -0.2) is 8.42 Å². The van der Waals surface area contributed by atoms with Crippen molar-refractivity contribution in [3.05, 3.63) is 64.7 Å². The molecule has 1 amide bonds. The second kappa shape index (κ2) is 11.0. The molecule has 2 fully saturated rings. The molecule has 2 aromatic rings. The first-order chi connectivity index (χ1) is 16.3. The fraction of sp³-hybridized carbons (Fsp3) is 0.519. The van der Waals surface area contributed by atoms with Crippen LogP contribution in [0.2, 0.25) is 0 Å². The van der Waals surface area contributed by atoms with Gasteiger partial charge in [-0.15, -0.1) is 0 Å². The van der Waals surface area contributed by atoms with E-state index in [0.717, 1.165) is 43.6 Å². The van der Waals surface area contributed by atoms with E-state index < -0.39 is 10.0 Å². The Balaban J connectivity index is 1.46. The largest absolute Gasteiger partial charge is 0.348 e. The van der Waals surface area contributed by atoms with Crippen molar-refractivity contribution >= 4 is 15.9 Å². The summed E-state index contributed by atoms with van der Waals surface area (Å²) in [7, 11) is -3.60. The zero-order chi connectivity index (χ0) is 24.1. The molecule has 0 atom stereocenters. The second-order valence-corrected chi connectivity index (χ2v) is 11.8. The summed E-state index contributed by atoms with van der Waals surface area (Å²) in [6.45, 7) is 8.63. The van der Waals surface area contributed by atoms with Crippen LogP contribution < -0.4 is 5.32 Å². The van der Waals surface area contributed by atoms with E-state index in [2.05, 4.69) is 29.3 Å². The van der Waals surface area contributed by atoms with Crippen molar-refractivity contribution in [3.63, 3.8) is 0 Å². The van der Waals surface area contributed by atoms with E-state index >= 15 is 0 Å². The van der Waals surface area contributed by atoms with Crippen LogP contribution >= 0.6 is 0 Å². The molecule has 0 aliphatic carbocycles. The number of carbonyl (C=O) groups excluding carboxylic acids is 1. The highest BCUT2D eigenvalue weighted by Gasteiger charge is 2.29. The summed E-state index contributed by atoms with van der Waals surface area (Å²) in [6.07, 6.45) is 5.53. The summed E-state index contributed by atoms with van der Waals surface area (Å²) < 4.78 is 27.9. The first-order valence-electron chi connectivity index (χ1n) is 12.5. The lowest BCUT2D eigenvalue weighted by Crippen LogP contribution is -2.38. The van der Waals surface area contributed by atoms with Crippen molar-refractivity contribution in [1.82, 2.24) is 14.5 Å². The number of amides is 1. The van der Waals surface area contributed by atoms with Gasteiger partial charge in [-0.2, -0.15) is 4.31 Å². The Morgan fingerprint density at radius 1 is 0.971 bits per heavy atom. The van der Waals surface area contributed by atoms with E-state index in [4.69, 9.17) is 0 Å². The van der Waals surface area contributed by atoms with Gasteiger partial charge in [0.05, 0.1) is 4.90 Å². The van der Waals surface area contributed by atoms with Crippen LogP contribution in [0, 0.1) is 12.8 Å². The topological polar surface area (TPSA) is 69.7 Å². The molecule has 0 spiro atoms. The van der Waals surface area contributed by atoms with Gasteiger partial charge in [0, 0.05) is 31.7 Å². The highest BCUT2D eigenvalue weighted by Crippen LogP contribution is 2.25. The Bertz CT molecular complexity index is 1100. The van der Waals surface area contributed by atoms with Crippen molar-refractivity contribution in [3.8, 4) is 0 Å². The number of piperidine rings is 2. The predicted octanol–water partition coefficient (Wildman–Crippen LogP) is 4.33. The van der Waals surface area contributed by atoms with E-state index in [1.54, 1.807) is 16.4 Å². The standard InChI is InChI=1S/C27H37N3O3S/c1-21-12-16-30(17-13-21)34(32,33)25-11-10-22(2)26(18-25)27(31)28-19-23-8-4-5-9-24(23)20-29-14-6-3-7-15-29/h4-5,8-11,18,21H,3,6-7,12-17,19-20H2,1-2H3,(H,28,31). The van der Waals surface area contributed by atoms with Gasteiger partial charge in [0.1, 0.15) is 0 Å². The average Bonchev–Trinajstić information content (AvgIpc) is 2.84. The van der Waals surface area contributed by atoms with Crippen LogP contribution in [0.15, 0.2) is 47.4 Å². The Hall–Kier alpha value is -2.22. The molecule has 7 heteroatoms. The van der Waals surface area contributed by atoms with Crippen LogP contribution in [0.5, 0.6) is 0 Å². The molecule has 2 aromatic carbocycles. The smallest absolute Gasteiger partial charge is 0.251 e. The van der Waals surface area contributed by atoms with Gasteiger partial charge in [0.15, 0.2) is 0 Å². The molecule has 2 aliphatic rings. The first kappa shape index (κ1) is 24.9. The van der Waals surface area contributed by atoms with Crippen LogP contribution in [-0.2, 0) is 23.1 Å². The highest BCUT2D eigenvalue weighted by atomic mass is 32.2. The fourth-order valence-electron chi connectivity index (χ4n) is 4.89. The van der Waals surface area contributed by atoms with Gasteiger partial charge in [-0.3, -0.25) is 9.69 Å². The third-order valence-electron chi connectivity index (χ3n) is 7.23. The molecule has 0 radical (unpaired) electrons. The SMILES string of the molecule is Cc1ccc(S(=O)(=O)N2CCC(C)CC2)cc1C(=O)NCc1ccccc1CN1CCCCC1. The minimum atomic E-state index is -3.60. The van der Waals surface area contributed by atoms with Crippen LogP contribution in [0.4, 0.5) is 0 Å². The van der Waals surface area contributed by atoms with Crippen molar-refractivity contribution in [2.24, 2.45) is 5.92 Å². The number of carbonyl (C=O) groups is 1. The Morgan fingerprint density at radius 3 is 2.35 bits per heavy atom. The lowest BCUT2D eigenvalue weighted by atomic mass is 10.0. The van der Waals surface area contributed by atoms with Crippen molar-refractivity contribution in [1.29, 1.82) is 0 Å². The zero-order valence-electron chi connectivity index (χ0n) is 20.4. The fourth-order valence-corrected chi connectivity index (χ4v) is 6.39. The lowest BCUT2D eigenvalue weighted by molar-refractivity contribution is 0.0950. The molecule has 2 heterocycles. The number of rotatable bonds is 7. The van der Waals surface area contributed by atoms with Crippen LogP contribution in [-0.4, -0.2) is 49.7 Å². The van der Waals surface area contributed by atoms with E-state index in [-0.39, 0.29) is 10.8 Å². The quantitative estimate of drug-likeness (QED) is 0.636. The molecule has 0 unspecified atom stereocenters. The zero-order valence-corrected chi connectivity index (χ0v) is 21.2. The first-order valence-corrected chi connectivity index (χ1v) is 14.0. The number of benzene rings is 2. The summed E-state index contributed by atoms with van der Waals surface area (Å²) in [6, 6.07) is 13.1. The Labute approximate surface area is 204 Å². The van der Waals surface area contributed by atoms with E-state index in [9.17, 15) is 13.2 Å². The van der Waals surface area contributed by atoms with Crippen molar-refractivity contribution in [2.45, 2.75) is 63.9 Å². The monoisotopic (exact) mass is 483 g/mol. The molecule has 1 N–H and O–H groups in total. The average molecular weight is 484 g/mol. The Kier molecular flexibility index (Phi) is 8.06. The molecule has 0 aromatic heterocycles.